The number of thiazole rings is 1. The molecule has 4 aromatic rings. The van der Waals surface area contributed by atoms with Gasteiger partial charge in [-0.2, -0.15) is 0 Å². The molecule has 0 unspecified atom stereocenters. The molecule has 0 aliphatic rings. The third-order valence-electron chi connectivity index (χ3n) is 3.83. The minimum absolute atomic E-state index is 0.245. The summed E-state index contributed by atoms with van der Waals surface area (Å²) < 4.78 is 6.74. The minimum atomic E-state index is -0.278. The lowest BCUT2D eigenvalue weighted by atomic mass is 10.1. The van der Waals surface area contributed by atoms with Crippen LogP contribution in [-0.4, -0.2) is 11.0 Å². The SMILES string of the molecule is O=C(Cc1ccccc1)Oc1ccccc1-c1nc2ccccc2s1. The normalized spacial score (nSPS) is 10.7. The third-order valence-corrected chi connectivity index (χ3v) is 4.90. The number of fused-ring (bicyclic) bond motifs is 1. The van der Waals surface area contributed by atoms with Crippen LogP contribution in [0.25, 0.3) is 20.8 Å². The van der Waals surface area contributed by atoms with E-state index in [1.54, 1.807) is 11.3 Å². The largest absolute Gasteiger partial charge is 0.426 e. The molecule has 3 nitrogen and oxygen atoms in total. The second-order valence-corrected chi connectivity index (χ2v) is 6.65. The summed E-state index contributed by atoms with van der Waals surface area (Å²) >= 11 is 1.59. The Bertz CT molecular complexity index is 991. The number of aromatic nitrogens is 1. The summed E-state index contributed by atoms with van der Waals surface area (Å²) in [5.74, 6) is 0.266. The van der Waals surface area contributed by atoms with Gasteiger partial charge in [0.05, 0.1) is 22.2 Å². The van der Waals surface area contributed by atoms with E-state index in [-0.39, 0.29) is 12.4 Å². The molecule has 0 saturated heterocycles. The van der Waals surface area contributed by atoms with Gasteiger partial charge in [0.1, 0.15) is 10.8 Å². The topological polar surface area (TPSA) is 39.2 Å². The molecule has 4 rings (SSSR count). The maximum absolute atomic E-state index is 12.3. The number of carbonyl (C=O) groups excluding carboxylic acids is 1. The van der Waals surface area contributed by atoms with Gasteiger partial charge in [0.2, 0.25) is 0 Å². The predicted octanol–water partition coefficient (Wildman–Crippen LogP) is 5.11. The highest BCUT2D eigenvalue weighted by molar-refractivity contribution is 7.21. The number of ether oxygens (including phenoxy) is 1. The first-order valence-electron chi connectivity index (χ1n) is 7.99. The molecule has 1 aromatic heterocycles. The van der Waals surface area contributed by atoms with E-state index in [9.17, 15) is 4.79 Å². The molecule has 0 atom stereocenters. The van der Waals surface area contributed by atoms with Gasteiger partial charge in [-0.05, 0) is 29.8 Å². The number of nitrogens with zero attached hydrogens (tertiary/aromatic N) is 1. The van der Waals surface area contributed by atoms with Crippen molar-refractivity contribution in [2.45, 2.75) is 6.42 Å². The highest BCUT2D eigenvalue weighted by Crippen LogP contribution is 2.35. The molecule has 0 spiro atoms. The lowest BCUT2D eigenvalue weighted by molar-refractivity contribution is -0.133. The predicted molar refractivity (Wildman–Crippen MR) is 101 cm³/mol. The maximum atomic E-state index is 12.3. The van der Waals surface area contributed by atoms with Crippen LogP contribution in [0.3, 0.4) is 0 Å². The van der Waals surface area contributed by atoms with Gasteiger partial charge in [-0.1, -0.05) is 54.6 Å². The van der Waals surface area contributed by atoms with Gasteiger partial charge in [0.15, 0.2) is 0 Å². The fraction of sp³-hybridized carbons (Fsp3) is 0.0476. The first kappa shape index (κ1) is 15.5. The molecule has 0 fully saturated rings. The molecule has 0 N–H and O–H groups in total. The van der Waals surface area contributed by atoms with Gasteiger partial charge in [-0.25, -0.2) is 4.98 Å². The lowest BCUT2D eigenvalue weighted by Gasteiger charge is -2.08. The van der Waals surface area contributed by atoms with Crippen LogP contribution >= 0.6 is 11.3 Å². The number of benzene rings is 3. The molecule has 25 heavy (non-hydrogen) atoms. The zero-order chi connectivity index (χ0) is 17.1. The monoisotopic (exact) mass is 345 g/mol. The van der Waals surface area contributed by atoms with Gasteiger partial charge in [0.25, 0.3) is 0 Å². The quantitative estimate of drug-likeness (QED) is 0.381. The summed E-state index contributed by atoms with van der Waals surface area (Å²) in [6.07, 6.45) is 0.245. The Labute approximate surface area is 149 Å². The zero-order valence-corrected chi connectivity index (χ0v) is 14.2. The number of para-hydroxylation sites is 2. The number of rotatable bonds is 4. The molecule has 4 heteroatoms. The summed E-state index contributed by atoms with van der Waals surface area (Å²) in [5.41, 5.74) is 2.72. The second-order valence-electron chi connectivity index (χ2n) is 5.62. The Morgan fingerprint density at radius 3 is 2.44 bits per heavy atom. The Hall–Kier alpha value is -2.98. The average molecular weight is 345 g/mol. The van der Waals surface area contributed by atoms with Gasteiger partial charge in [-0.15, -0.1) is 11.3 Å². The summed E-state index contributed by atoms with van der Waals surface area (Å²) in [6.45, 7) is 0. The van der Waals surface area contributed by atoms with E-state index in [1.807, 2.05) is 78.9 Å². The minimum Gasteiger partial charge on any atom is -0.426 e. The maximum Gasteiger partial charge on any atom is 0.315 e. The van der Waals surface area contributed by atoms with E-state index < -0.39 is 0 Å². The van der Waals surface area contributed by atoms with E-state index in [4.69, 9.17) is 4.74 Å². The highest BCUT2D eigenvalue weighted by Gasteiger charge is 2.14. The van der Waals surface area contributed by atoms with Crippen molar-refractivity contribution in [1.82, 2.24) is 4.98 Å². The smallest absolute Gasteiger partial charge is 0.315 e. The van der Waals surface area contributed by atoms with Crippen LogP contribution in [0.1, 0.15) is 5.56 Å². The van der Waals surface area contributed by atoms with Crippen LogP contribution in [-0.2, 0) is 11.2 Å². The summed E-state index contributed by atoms with van der Waals surface area (Å²) in [5, 5.41) is 0.851. The Morgan fingerprint density at radius 1 is 0.880 bits per heavy atom. The van der Waals surface area contributed by atoms with Crippen molar-refractivity contribution in [2.24, 2.45) is 0 Å². The molecule has 0 aliphatic carbocycles. The Balaban J connectivity index is 1.61. The molecule has 1 heterocycles. The first-order chi connectivity index (χ1) is 12.3. The lowest BCUT2D eigenvalue weighted by Crippen LogP contribution is -2.11. The van der Waals surface area contributed by atoms with E-state index in [0.29, 0.717) is 5.75 Å². The highest BCUT2D eigenvalue weighted by atomic mass is 32.1. The van der Waals surface area contributed by atoms with Crippen molar-refractivity contribution < 1.29 is 9.53 Å². The van der Waals surface area contributed by atoms with Crippen LogP contribution in [0.15, 0.2) is 78.9 Å². The molecule has 3 aromatic carbocycles. The van der Waals surface area contributed by atoms with Gasteiger partial charge >= 0.3 is 5.97 Å². The van der Waals surface area contributed by atoms with E-state index in [1.165, 1.54) is 0 Å². The fourth-order valence-electron chi connectivity index (χ4n) is 2.64. The Morgan fingerprint density at radius 2 is 1.60 bits per heavy atom. The van der Waals surface area contributed by atoms with E-state index in [0.717, 1.165) is 26.4 Å². The van der Waals surface area contributed by atoms with Crippen LogP contribution in [0.4, 0.5) is 0 Å². The number of esters is 1. The van der Waals surface area contributed by atoms with Crippen LogP contribution < -0.4 is 4.74 Å². The molecular weight excluding hydrogens is 330 g/mol. The molecule has 0 aliphatic heterocycles. The van der Waals surface area contributed by atoms with Gasteiger partial charge < -0.3 is 4.74 Å². The van der Waals surface area contributed by atoms with Crippen molar-refractivity contribution in [3.05, 3.63) is 84.4 Å². The van der Waals surface area contributed by atoms with Crippen LogP contribution in [0.2, 0.25) is 0 Å². The standard InChI is InChI=1S/C21H15NO2S/c23-20(14-15-8-2-1-3-9-15)24-18-12-6-4-10-16(18)21-22-17-11-5-7-13-19(17)25-21/h1-13H,14H2. The molecule has 0 saturated carbocycles. The molecular formula is C21H15NO2S. The van der Waals surface area contributed by atoms with E-state index in [2.05, 4.69) is 4.98 Å². The van der Waals surface area contributed by atoms with Crippen LogP contribution in [0, 0.1) is 0 Å². The van der Waals surface area contributed by atoms with Crippen molar-refractivity contribution >= 4 is 27.5 Å². The number of carbonyl (C=O) groups is 1. The van der Waals surface area contributed by atoms with Gasteiger partial charge in [0, 0.05) is 0 Å². The van der Waals surface area contributed by atoms with Crippen molar-refractivity contribution in [2.75, 3.05) is 0 Å². The molecule has 0 amide bonds. The average Bonchev–Trinajstić information content (AvgIpc) is 3.07. The summed E-state index contributed by atoms with van der Waals surface area (Å²) in [6, 6.07) is 25.1. The van der Waals surface area contributed by atoms with Gasteiger partial charge in [-0.3, -0.25) is 4.79 Å². The first-order valence-corrected chi connectivity index (χ1v) is 8.81. The number of hydrogen-bond donors (Lipinski definition) is 0. The van der Waals surface area contributed by atoms with E-state index >= 15 is 0 Å². The zero-order valence-electron chi connectivity index (χ0n) is 13.4. The molecule has 0 bridgehead atoms. The molecule has 122 valence electrons. The second kappa shape index (κ2) is 6.87. The van der Waals surface area contributed by atoms with Crippen molar-refractivity contribution in [1.29, 1.82) is 0 Å². The fourth-order valence-corrected chi connectivity index (χ4v) is 3.64. The van der Waals surface area contributed by atoms with Crippen molar-refractivity contribution in [3.8, 4) is 16.3 Å². The van der Waals surface area contributed by atoms with Crippen LogP contribution in [0.5, 0.6) is 5.75 Å². The number of hydrogen-bond acceptors (Lipinski definition) is 4. The Kier molecular flexibility index (Phi) is 4.27. The summed E-state index contributed by atoms with van der Waals surface area (Å²) in [7, 11) is 0. The molecule has 0 radical (unpaired) electrons. The van der Waals surface area contributed by atoms with Crippen molar-refractivity contribution in [3.63, 3.8) is 0 Å². The third kappa shape index (κ3) is 3.44. The summed E-state index contributed by atoms with van der Waals surface area (Å²) in [4.78, 5) is 17.0.